The van der Waals surface area contributed by atoms with Crippen molar-refractivity contribution in [3.8, 4) is 0 Å². The van der Waals surface area contributed by atoms with E-state index < -0.39 is 23.5 Å². The van der Waals surface area contributed by atoms with Crippen LogP contribution in [0.4, 0.5) is 0 Å². The van der Waals surface area contributed by atoms with Gasteiger partial charge in [0.1, 0.15) is 5.60 Å². The Balaban J connectivity index is 4.57. The Morgan fingerprint density at radius 1 is 1.40 bits per heavy atom. The Morgan fingerprint density at radius 3 is 2.13 bits per heavy atom. The first-order valence-electron chi connectivity index (χ1n) is 4.73. The molecule has 86 valence electrons. The van der Waals surface area contributed by atoms with Gasteiger partial charge in [-0.3, -0.25) is 9.59 Å². The lowest BCUT2D eigenvalue weighted by Gasteiger charge is -2.22. The van der Waals surface area contributed by atoms with E-state index in [1.807, 2.05) is 0 Å². The lowest BCUT2D eigenvalue weighted by atomic mass is 10.0. The van der Waals surface area contributed by atoms with Crippen molar-refractivity contribution in [3.63, 3.8) is 0 Å². The van der Waals surface area contributed by atoms with Gasteiger partial charge in [-0.2, -0.15) is 0 Å². The Bertz CT molecular complexity index is 273. The third kappa shape index (κ3) is 5.88. The summed E-state index contributed by atoms with van der Waals surface area (Å²) < 4.78 is 5.00. The van der Waals surface area contributed by atoms with Crippen LogP contribution < -0.4 is 0 Å². The van der Waals surface area contributed by atoms with Crippen LogP contribution in [0.5, 0.6) is 0 Å². The number of aliphatic carboxylic acids is 1. The topological polar surface area (TPSA) is 63.6 Å². The van der Waals surface area contributed by atoms with Crippen molar-refractivity contribution < 1.29 is 19.4 Å². The second kappa shape index (κ2) is 4.96. The fourth-order valence-corrected chi connectivity index (χ4v) is 0.993. The maximum atomic E-state index is 11.5. The normalized spacial score (nSPS) is 13.1. The quantitative estimate of drug-likeness (QED) is 0.441. The highest BCUT2D eigenvalue weighted by molar-refractivity contribution is 5.94. The van der Waals surface area contributed by atoms with Crippen LogP contribution in [0.3, 0.4) is 0 Å². The molecule has 0 aliphatic rings. The molecule has 0 aromatic carbocycles. The van der Waals surface area contributed by atoms with Crippen LogP contribution in [-0.2, 0) is 14.3 Å². The van der Waals surface area contributed by atoms with Gasteiger partial charge in [0, 0.05) is 0 Å². The molecule has 0 saturated carbocycles. The van der Waals surface area contributed by atoms with E-state index in [4.69, 9.17) is 9.84 Å². The molecule has 0 aromatic heterocycles. The molecule has 0 heterocycles. The molecule has 4 nitrogen and oxygen atoms in total. The van der Waals surface area contributed by atoms with Gasteiger partial charge in [0.15, 0.2) is 5.92 Å². The van der Waals surface area contributed by atoms with Gasteiger partial charge in [-0.25, -0.2) is 0 Å². The number of carbonyl (C=O) groups excluding carboxylic acids is 1. The number of allylic oxidation sites excluding steroid dienone is 1. The minimum absolute atomic E-state index is 0.115. The van der Waals surface area contributed by atoms with Gasteiger partial charge in [0.25, 0.3) is 0 Å². The average Bonchev–Trinajstić information content (AvgIpc) is 1.95. The maximum absolute atomic E-state index is 11.5. The molecule has 0 amide bonds. The van der Waals surface area contributed by atoms with Crippen molar-refractivity contribution in [1.82, 2.24) is 0 Å². The predicted molar refractivity (Wildman–Crippen MR) is 56.4 cm³/mol. The Hall–Kier alpha value is -1.32. The summed E-state index contributed by atoms with van der Waals surface area (Å²) in [4.78, 5) is 22.3. The molecule has 0 bridgehead atoms. The summed E-state index contributed by atoms with van der Waals surface area (Å²) in [5, 5.41) is 8.85. The molecule has 0 aliphatic heterocycles. The first-order chi connectivity index (χ1) is 6.63. The monoisotopic (exact) mass is 214 g/mol. The summed E-state index contributed by atoms with van der Waals surface area (Å²) in [6.07, 6.45) is 0.115. The summed E-state index contributed by atoms with van der Waals surface area (Å²) in [6.45, 7) is 10.4. The summed E-state index contributed by atoms with van der Waals surface area (Å²) in [7, 11) is 0. The highest BCUT2D eigenvalue weighted by Crippen LogP contribution is 2.16. The molecular weight excluding hydrogens is 196 g/mol. The van der Waals surface area contributed by atoms with Gasteiger partial charge in [0.05, 0.1) is 0 Å². The second-order valence-electron chi connectivity index (χ2n) is 4.59. The average molecular weight is 214 g/mol. The van der Waals surface area contributed by atoms with E-state index in [9.17, 15) is 9.59 Å². The third-order valence-corrected chi connectivity index (χ3v) is 1.54. The minimum Gasteiger partial charge on any atom is -0.481 e. The van der Waals surface area contributed by atoms with Crippen LogP contribution in [0.1, 0.15) is 34.1 Å². The van der Waals surface area contributed by atoms with E-state index in [-0.39, 0.29) is 6.42 Å². The molecule has 1 atom stereocenters. The smallest absolute Gasteiger partial charge is 0.321 e. The van der Waals surface area contributed by atoms with E-state index in [2.05, 4.69) is 6.58 Å². The fourth-order valence-electron chi connectivity index (χ4n) is 0.993. The maximum Gasteiger partial charge on any atom is 0.321 e. The molecular formula is C11H18O4. The van der Waals surface area contributed by atoms with Gasteiger partial charge in [0.2, 0.25) is 0 Å². The fraction of sp³-hybridized carbons (Fsp3) is 0.636. The predicted octanol–water partition coefficient (Wildman–Crippen LogP) is 2.00. The van der Waals surface area contributed by atoms with Crippen molar-refractivity contribution in [2.24, 2.45) is 5.92 Å². The first kappa shape index (κ1) is 13.7. The van der Waals surface area contributed by atoms with Crippen LogP contribution in [0, 0.1) is 5.92 Å². The van der Waals surface area contributed by atoms with Crippen LogP contribution in [0.2, 0.25) is 0 Å². The summed E-state index contributed by atoms with van der Waals surface area (Å²) in [6, 6.07) is 0. The van der Waals surface area contributed by atoms with E-state index in [1.165, 1.54) is 0 Å². The van der Waals surface area contributed by atoms with Gasteiger partial charge < -0.3 is 9.84 Å². The number of hydrogen-bond acceptors (Lipinski definition) is 3. The summed E-state index contributed by atoms with van der Waals surface area (Å²) in [5.41, 5.74) is -0.0203. The van der Waals surface area contributed by atoms with Gasteiger partial charge in [-0.05, 0) is 34.1 Å². The van der Waals surface area contributed by atoms with Crippen LogP contribution in [0.25, 0.3) is 0 Å². The lowest BCUT2D eigenvalue weighted by Crippen LogP contribution is -2.32. The zero-order valence-electron chi connectivity index (χ0n) is 9.66. The van der Waals surface area contributed by atoms with Crippen molar-refractivity contribution >= 4 is 11.9 Å². The number of carboxylic acid groups (broad SMARTS) is 1. The SMILES string of the molecule is C=C(C)CC(C(=O)O)C(=O)OC(C)(C)C. The molecule has 0 rings (SSSR count). The number of rotatable bonds is 4. The van der Waals surface area contributed by atoms with Gasteiger partial charge in [-0.15, -0.1) is 6.58 Å². The summed E-state index contributed by atoms with van der Waals surface area (Å²) >= 11 is 0. The molecule has 1 N–H and O–H groups in total. The standard InChI is InChI=1S/C11H18O4/c1-7(2)6-8(9(12)13)10(14)15-11(3,4)5/h8H,1,6H2,2-5H3,(H,12,13). The highest BCUT2D eigenvalue weighted by Gasteiger charge is 2.30. The van der Waals surface area contributed by atoms with E-state index in [0.717, 1.165) is 0 Å². The van der Waals surface area contributed by atoms with Crippen LogP contribution >= 0.6 is 0 Å². The minimum atomic E-state index is -1.17. The Labute approximate surface area is 89.9 Å². The number of carbonyl (C=O) groups is 2. The molecule has 0 aliphatic carbocycles. The Morgan fingerprint density at radius 2 is 1.87 bits per heavy atom. The molecule has 1 unspecified atom stereocenters. The molecule has 0 radical (unpaired) electrons. The lowest BCUT2D eigenvalue weighted by molar-refractivity contribution is -0.166. The molecule has 0 saturated heterocycles. The van der Waals surface area contributed by atoms with E-state index >= 15 is 0 Å². The molecule has 0 aromatic rings. The van der Waals surface area contributed by atoms with E-state index in [1.54, 1.807) is 27.7 Å². The van der Waals surface area contributed by atoms with E-state index in [0.29, 0.717) is 5.57 Å². The molecule has 0 fully saturated rings. The zero-order valence-corrected chi connectivity index (χ0v) is 9.66. The van der Waals surface area contributed by atoms with Crippen molar-refractivity contribution in [2.45, 2.75) is 39.7 Å². The van der Waals surface area contributed by atoms with Crippen molar-refractivity contribution in [1.29, 1.82) is 0 Å². The summed E-state index contributed by atoms with van der Waals surface area (Å²) in [5.74, 6) is -3.04. The number of ether oxygens (including phenoxy) is 1. The largest absolute Gasteiger partial charge is 0.481 e. The third-order valence-electron chi connectivity index (χ3n) is 1.54. The van der Waals surface area contributed by atoms with Crippen LogP contribution in [0.15, 0.2) is 12.2 Å². The highest BCUT2D eigenvalue weighted by atomic mass is 16.6. The van der Waals surface area contributed by atoms with Gasteiger partial charge >= 0.3 is 11.9 Å². The van der Waals surface area contributed by atoms with Crippen molar-refractivity contribution in [2.75, 3.05) is 0 Å². The molecule has 4 heteroatoms. The number of hydrogen-bond donors (Lipinski definition) is 1. The van der Waals surface area contributed by atoms with Gasteiger partial charge in [-0.1, -0.05) is 5.57 Å². The first-order valence-corrected chi connectivity index (χ1v) is 4.73. The Kier molecular flexibility index (Phi) is 4.52. The second-order valence-corrected chi connectivity index (χ2v) is 4.59. The molecule has 0 spiro atoms. The number of esters is 1. The zero-order chi connectivity index (χ0) is 12.2. The van der Waals surface area contributed by atoms with Crippen molar-refractivity contribution in [3.05, 3.63) is 12.2 Å². The van der Waals surface area contributed by atoms with Crippen LogP contribution in [-0.4, -0.2) is 22.6 Å². The number of carboxylic acids is 1. The molecule has 15 heavy (non-hydrogen) atoms.